The molecule has 0 fully saturated rings. The van der Waals surface area contributed by atoms with E-state index < -0.39 is 15.1 Å². The fourth-order valence-electron chi connectivity index (χ4n) is 3.48. The molecule has 0 unspecified atom stereocenters. The second-order valence-electron chi connectivity index (χ2n) is 7.57. The lowest BCUT2D eigenvalue weighted by molar-refractivity contribution is 0.487. The van der Waals surface area contributed by atoms with Crippen molar-refractivity contribution in [2.45, 2.75) is 49.8 Å². The lowest BCUT2D eigenvalue weighted by Gasteiger charge is -2.17. The van der Waals surface area contributed by atoms with Crippen LogP contribution in [0.15, 0.2) is 47.6 Å². The molecule has 0 saturated carbocycles. The number of rotatable bonds is 6. The SMILES string of the molecule is CC(C)S(=O)(=O)c1ccccc1Nc1cc(Nc2cnn3c2CCCC3)ncc1Cl. The van der Waals surface area contributed by atoms with Crippen LogP contribution in [-0.4, -0.2) is 28.4 Å². The largest absolute Gasteiger partial charge is 0.353 e. The maximum absolute atomic E-state index is 12.7. The van der Waals surface area contributed by atoms with E-state index in [9.17, 15) is 8.42 Å². The molecule has 0 aliphatic carbocycles. The van der Waals surface area contributed by atoms with Crippen molar-refractivity contribution >= 4 is 44.3 Å². The Labute approximate surface area is 181 Å². The second-order valence-corrected chi connectivity index (χ2v) is 10.5. The smallest absolute Gasteiger partial charge is 0.182 e. The van der Waals surface area contributed by atoms with Crippen LogP contribution < -0.4 is 10.6 Å². The van der Waals surface area contributed by atoms with Gasteiger partial charge in [0.2, 0.25) is 0 Å². The Hall–Kier alpha value is -2.58. The van der Waals surface area contributed by atoms with Gasteiger partial charge in [-0.05, 0) is 45.2 Å². The van der Waals surface area contributed by atoms with E-state index in [-0.39, 0.29) is 4.90 Å². The molecule has 30 heavy (non-hydrogen) atoms. The summed E-state index contributed by atoms with van der Waals surface area (Å²) in [5.41, 5.74) is 3.15. The molecular weight excluding hydrogens is 422 g/mol. The molecule has 1 aromatic carbocycles. The Kier molecular flexibility index (Phi) is 5.71. The van der Waals surface area contributed by atoms with Gasteiger partial charge < -0.3 is 10.6 Å². The van der Waals surface area contributed by atoms with Crippen molar-refractivity contribution in [2.24, 2.45) is 0 Å². The molecule has 0 amide bonds. The highest BCUT2D eigenvalue weighted by Gasteiger charge is 2.23. The summed E-state index contributed by atoms with van der Waals surface area (Å²) in [5, 5.41) is 10.8. The van der Waals surface area contributed by atoms with Crippen LogP contribution in [-0.2, 0) is 22.8 Å². The van der Waals surface area contributed by atoms with Crippen molar-refractivity contribution in [1.82, 2.24) is 14.8 Å². The molecule has 1 aliphatic rings. The quantitative estimate of drug-likeness (QED) is 0.558. The normalized spacial score (nSPS) is 13.9. The zero-order valence-corrected chi connectivity index (χ0v) is 18.5. The van der Waals surface area contributed by atoms with E-state index in [2.05, 4.69) is 20.7 Å². The number of pyridine rings is 1. The fraction of sp³-hybridized carbons (Fsp3) is 0.333. The van der Waals surface area contributed by atoms with Crippen molar-refractivity contribution in [3.05, 3.63) is 53.4 Å². The highest BCUT2D eigenvalue weighted by Crippen LogP contribution is 2.33. The number of para-hydroxylation sites is 1. The predicted octanol–water partition coefficient (Wildman–Crippen LogP) is 4.94. The van der Waals surface area contributed by atoms with Gasteiger partial charge in [-0.25, -0.2) is 13.4 Å². The highest BCUT2D eigenvalue weighted by molar-refractivity contribution is 7.92. The minimum absolute atomic E-state index is 0.244. The molecular formula is C21H24ClN5O2S. The average molecular weight is 446 g/mol. The molecule has 0 bridgehead atoms. The van der Waals surface area contributed by atoms with E-state index in [0.29, 0.717) is 22.2 Å². The topological polar surface area (TPSA) is 88.9 Å². The molecule has 2 N–H and O–H groups in total. The van der Waals surface area contributed by atoms with Crippen LogP contribution in [0.5, 0.6) is 0 Å². The van der Waals surface area contributed by atoms with Crippen LogP contribution in [0.2, 0.25) is 5.02 Å². The summed E-state index contributed by atoms with van der Waals surface area (Å²) in [4.78, 5) is 4.61. The van der Waals surface area contributed by atoms with Crippen LogP contribution >= 0.6 is 11.6 Å². The number of aromatic nitrogens is 3. The summed E-state index contributed by atoms with van der Waals surface area (Å²) < 4.78 is 27.5. The molecule has 1 aliphatic heterocycles. The van der Waals surface area contributed by atoms with Crippen LogP contribution in [0.4, 0.5) is 22.9 Å². The lowest BCUT2D eigenvalue weighted by Crippen LogP contribution is -2.15. The minimum atomic E-state index is -3.45. The van der Waals surface area contributed by atoms with E-state index in [1.54, 1.807) is 50.4 Å². The number of aryl methyl sites for hydroxylation is 1. The molecule has 2 aromatic heterocycles. The van der Waals surface area contributed by atoms with E-state index in [4.69, 9.17) is 11.6 Å². The Morgan fingerprint density at radius 3 is 2.67 bits per heavy atom. The first-order valence-electron chi connectivity index (χ1n) is 9.93. The fourth-order valence-corrected chi connectivity index (χ4v) is 4.84. The van der Waals surface area contributed by atoms with Crippen LogP contribution in [0.3, 0.4) is 0 Å². The third-order valence-electron chi connectivity index (χ3n) is 5.18. The standard InChI is InChI=1S/C21H24ClN5O2S/c1-14(2)30(28,29)20-9-4-3-7-16(20)25-17-11-21(23-12-15(17)22)26-18-13-24-27-10-6-5-8-19(18)27/h3-4,7,9,11-14H,5-6,8,10H2,1-2H3,(H2,23,25,26). The van der Waals surface area contributed by atoms with Gasteiger partial charge in [-0.3, -0.25) is 4.68 Å². The van der Waals surface area contributed by atoms with Gasteiger partial charge in [0, 0.05) is 12.6 Å². The minimum Gasteiger partial charge on any atom is -0.353 e. The number of hydrogen-bond donors (Lipinski definition) is 2. The van der Waals surface area contributed by atoms with Crippen LogP contribution in [0, 0.1) is 0 Å². The summed E-state index contributed by atoms with van der Waals surface area (Å²) in [7, 11) is -3.45. The molecule has 0 radical (unpaired) electrons. The number of hydrogen-bond acceptors (Lipinski definition) is 6. The van der Waals surface area contributed by atoms with Gasteiger partial charge in [0.25, 0.3) is 0 Å². The summed E-state index contributed by atoms with van der Waals surface area (Å²) in [6.07, 6.45) is 6.61. The monoisotopic (exact) mass is 445 g/mol. The van der Waals surface area contributed by atoms with E-state index in [1.165, 1.54) is 5.69 Å². The van der Waals surface area contributed by atoms with Crippen molar-refractivity contribution in [3.63, 3.8) is 0 Å². The number of anilines is 4. The molecule has 7 nitrogen and oxygen atoms in total. The molecule has 0 saturated heterocycles. The van der Waals surface area contributed by atoms with Gasteiger partial charge in [-0.2, -0.15) is 5.10 Å². The maximum Gasteiger partial charge on any atom is 0.182 e. The van der Waals surface area contributed by atoms with E-state index in [1.807, 2.05) is 10.9 Å². The Bertz CT molecular complexity index is 1170. The van der Waals surface area contributed by atoms with Crippen LogP contribution in [0.25, 0.3) is 0 Å². The third-order valence-corrected chi connectivity index (χ3v) is 7.70. The number of nitrogens with zero attached hydrogens (tertiary/aromatic N) is 3. The molecule has 0 atom stereocenters. The molecule has 158 valence electrons. The Balaban J connectivity index is 1.64. The van der Waals surface area contributed by atoms with Gasteiger partial charge >= 0.3 is 0 Å². The first kappa shape index (κ1) is 20.7. The zero-order valence-electron chi connectivity index (χ0n) is 16.9. The average Bonchev–Trinajstić information content (AvgIpc) is 3.13. The molecule has 3 aromatic rings. The number of nitrogens with one attached hydrogen (secondary N) is 2. The first-order chi connectivity index (χ1) is 14.4. The third kappa shape index (κ3) is 4.02. The Morgan fingerprint density at radius 2 is 1.87 bits per heavy atom. The molecule has 3 heterocycles. The molecule has 0 spiro atoms. The van der Waals surface area contributed by atoms with Crippen molar-refractivity contribution in [1.29, 1.82) is 0 Å². The zero-order chi connectivity index (χ0) is 21.3. The number of sulfone groups is 1. The second kappa shape index (κ2) is 8.28. The number of benzene rings is 1. The molecule has 4 rings (SSSR count). The predicted molar refractivity (Wildman–Crippen MR) is 120 cm³/mol. The number of halogens is 1. The molecule has 9 heteroatoms. The first-order valence-corrected chi connectivity index (χ1v) is 11.9. The van der Waals surface area contributed by atoms with Crippen molar-refractivity contribution in [3.8, 4) is 0 Å². The summed E-state index contributed by atoms with van der Waals surface area (Å²) >= 11 is 6.35. The van der Waals surface area contributed by atoms with Crippen LogP contribution in [0.1, 0.15) is 32.4 Å². The highest BCUT2D eigenvalue weighted by atomic mass is 35.5. The van der Waals surface area contributed by atoms with Gasteiger partial charge in [-0.1, -0.05) is 23.7 Å². The summed E-state index contributed by atoms with van der Waals surface area (Å²) in [6.45, 7) is 4.26. The van der Waals surface area contributed by atoms with E-state index in [0.717, 1.165) is 31.5 Å². The lowest BCUT2D eigenvalue weighted by atomic mass is 10.1. The maximum atomic E-state index is 12.7. The number of fused-ring (bicyclic) bond motifs is 1. The van der Waals surface area contributed by atoms with Gasteiger partial charge in [-0.15, -0.1) is 0 Å². The Morgan fingerprint density at radius 1 is 1.07 bits per heavy atom. The van der Waals surface area contributed by atoms with Gasteiger partial charge in [0.1, 0.15) is 5.82 Å². The van der Waals surface area contributed by atoms with Gasteiger partial charge in [0.05, 0.1) is 50.3 Å². The summed E-state index contributed by atoms with van der Waals surface area (Å²) in [5.74, 6) is 0.604. The van der Waals surface area contributed by atoms with Crippen molar-refractivity contribution < 1.29 is 8.42 Å². The van der Waals surface area contributed by atoms with E-state index >= 15 is 0 Å². The van der Waals surface area contributed by atoms with Crippen molar-refractivity contribution in [2.75, 3.05) is 10.6 Å². The van der Waals surface area contributed by atoms with Gasteiger partial charge in [0.15, 0.2) is 9.84 Å². The summed E-state index contributed by atoms with van der Waals surface area (Å²) in [6, 6.07) is 8.60.